The number of unbranched alkanes of at least 4 members (excludes halogenated alkanes) is 14. The summed E-state index contributed by atoms with van der Waals surface area (Å²) in [6, 6.07) is 0. The smallest absolute Gasteiger partial charge is 0.0936 e. The van der Waals surface area contributed by atoms with Crippen molar-refractivity contribution in [3.8, 4) is 0 Å². The lowest BCUT2D eigenvalue weighted by Gasteiger charge is -2.20. The van der Waals surface area contributed by atoms with Gasteiger partial charge in [0.2, 0.25) is 0 Å². The third-order valence-corrected chi connectivity index (χ3v) is 7.10. The molecule has 0 aromatic carbocycles. The fourth-order valence-corrected chi connectivity index (χ4v) is 4.30. The highest BCUT2D eigenvalue weighted by Gasteiger charge is 2.20. The Kier molecular flexibility index (Phi) is 24.0. The van der Waals surface area contributed by atoms with Crippen LogP contribution in [0.15, 0.2) is 0 Å². The monoisotopic (exact) mass is 482 g/mol. The molecule has 0 aliphatic carbocycles. The first kappa shape index (κ1) is 31.5. The van der Waals surface area contributed by atoms with Gasteiger partial charge in [0, 0.05) is 0 Å². The number of halogens is 2. The largest absolute Gasteiger partial charge is 0.389 e. The SMILES string of the molecule is CCCCCCCCCCC(Cl)C(O)COCC(O)C(Cl)CCCCCCCCCC. The summed E-state index contributed by atoms with van der Waals surface area (Å²) < 4.78 is 5.50. The first-order chi connectivity index (χ1) is 15.0. The minimum absolute atomic E-state index is 0.156. The molecule has 0 radical (unpaired) electrons. The molecule has 3 nitrogen and oxygen atoms in total. The van der Waals surface area contributed by atoms with Crippen LogP contribution in [-0.2, 0) is 4.74 Å². The van der Waals surface area contributed by atoms with Gasteiger partial charge >= 0.3 is 0 Å². The lowest BCUT2D eigenvalue weighted by molar-refractivity contribution is -0.0106. The van der Waals surface area contributed by atoms with Crippen LogP contribution in [0.3, 0.4) is 0 Å². The highest BCUT2D eigenvalue weighted by molar-refractivity contribution is 6.21. The maximum absolute atomic E-state index is 10.2. The lowest BCUT2D eigenvalue weighted by atomic mass is 10.0. The van der Waals surface area contributed by atoms with Crippen LogP contribution in [-0.4, -0.2) is 46.4 Å². The van der Waals surface area contributed by atoms with Gasteiger partial charge < -0.3 is 14.9 Å². The number of hydrogen-bond acceptors (Lipinski definition) is 3. The summed E-state index contributed by atoms with van der Waals surface area (Å²) in [4.78, 5) is 0. The van der Waals surface area contributed by atoms with Gasteiger partial charge in [0.1, 0.15) is 0 Å². The Bertz CT molecular complexity index is 326. The highest BCUT2D eigenvalue weighted by atomic mass is 35.5. The third kappa shape index (κ3) is 20.8. The molecule has 0 aliphatic rings. The van der Waals surface area contributed by atoms with Crippen LogP contribution < -0.4 is 0 Å². The van der Waals surface area contributed by atoms with Gasteiger partial charge in [-0.05, 0) is 12.8 Å². The van der Waals surface area contributed by atoms with Crippen molar-refractivity contribution in [2.24, 2.45) is 0 Å². The Morgan fingerprint density at radius 1 is 0.516 bits per heavy atom. The molecule has 0 spiro atoms. The van der Waals surface area contributed by atoms with E-state index in [9.17, 15) is 10.2 Å². The molecule has 0 saturated heterocycles. The minimum atomic E-state index is -0.695. The van der Waals surface area contributed by atoms with E-state index in [1.165, 1.54) is 89.9 Å². The Morgan fingerprint density at radius 2 is 0.806 bits per heavy atom. The molecule has 0 rings (SSSR count). The molecule has 4 atom stereocenters. The lowest BCUT2D eigenvalue weighted by Crippen LogP contribution is -2.31. The van der Waals surface area contributed by atoms with E-state index in [4.69, 9.17) is 27.9 Å². The van der Waals surface area contributed by atoms with Crippen molar-refractivity contribution in [1.82, 2.24) is 0 Å². The number of aliphatic hydroxyl groups excluding tert-OH is 2. The van der Waals surface area contributed by atoms with Gasteiger partial charge in [-0.15, -0.1) is 23.2 Å². The molecule has 0 heterocycles. The third-order valence-electron chi connectivity index (χ3n) is 6.08. The molecule has 5 heteroatoms. The first-order valence-electron chi connectivity index (χ1n) is 13.2. The van der Waals surface area contributed by atoms with E-state index in [0.717, 1.165) is 25.7 Å². The normalized spacial score (nSPS) is 15.7. The Morgan fingerprint density at radius 3 is 1.13 bits per heavy atom. The fourth-order valence-electron chi connectivity index (χ4n) is 3.85. The molecule has 0 saturated carbocycles. The molecule has 2 N–H and O–H groups in total. The number of ether oxygens (including phenoxy) is 1. The standard InChI is InChI=1S/C26H52Cl2O3/c1-3-5-7-9-11-13-15-17-19-23(27)25(29)21-31-22-26(30)24(28)20-18-16-14-12-10-8-6-4-2/h23-26,29-30H,3-22H2,1-2H3. The highest BCUT2D eigenvalue weighted by Crippen LogP contribution is 2.18. The van der Waals surface area contributed by atoms with Gasteiger partial charge in [-0.25, -0.2) is 0 Å². The molecule has 0 amide bonds. The minimum Gasteiger partial charge on any atom is -0.389 e. The zero-order chi connectivity index (χ0) is 23.2. The van der Waals surface area contributed by atoms with Crippen LogP contribution in [0.4, 0.5) is 0 Å². The van der Waals surface area contributed by atoms with Crippen LogP contribution in [0, 0.1) is 0 Å². The molecule has 188 valence electrons. The predicted octanol–water partition coefficient (Wildman–Crippen LogP) is 8.00. The maximum Gasteiger partial charge on any atom is 0.0936 e. The maximum atomic E-state index is 10.2. The van der Waals surface area contributed by atoms with Gasteiger partial charge in [-0.2, -0.15) is 0 Å². The van der Waals surface area contributed by atoms with Crippen molar-refractivity contribution in [2.75, 3.05) is 13.2 Å². The van der Waals surface area contributed by atoms with Crippen LogP contribution in [0.1, 0.15) is 129 Å². The van der Waals surface area contributed by atoms with Crippen LogP contribution >= 0.6 is 23.2 Å². The van der Waals surface area contributed by atoms with E-state index in [1.807, 2.05) is 0 Å². The van der Waals surface area contributed by atoms with E-state index in [2.05, 4.69) is 13.8 Å². The van der Waals surface area contributed by atoms with Crippen molar-refractivity contribution >= 4 is 23.2 Å². The van der Waals surface area contributed by atoms with Crippen molar-refractivity contribution < 1.29 is 14.9 Å². The average molecular weight is 484 g/mol. The second kappa shape index (κ2) is 23.6. The Labute approximate surface area is 203 Å². The summed E-state index contributed by atoms with van der Waals surface area (Å²) in [5.74, 6) is 0. The average Bonchev–Trinajstić information content (AvgIpc) is 2.76. The molecule has 0 bridgehead atoms. The topological polar surface area (TPSA) is 49.7 Å². The molecular formula is C26H52Cl2O3. The fraction of sp³-hybridized carbons (Fsp3) is 1.00. The molecule has 0 fully saturated rings. The first-order valence-corrected chi connectivity index (χ1v) is 14.1. The number of rotatable bonds is 24. The van der Waals surface area contributed by atoms with E-state index in [1.54, 1.807) is 0 Å². The molecule has 0 aromatic rings. The number of aliphatic hydroxyl groups is 2. The van der Waals surface area contributed by atoms with E-state index < -0.39 is 12.2 Å². The molecule has 31 heavy (non-hydrogen) atoms. The summed E-state index contributed by atoms with van der Waals surface area (Å²) in [5, 5.41) is 19.8. The molecule has 0 aromatic heterocycles. The van der Waals surface area contributed by atoms with E-state index >= 15 is 0 Å². The molecule has 0 aliphatic heterocycles. The summed E-state index contributed by atoms with van der Waals surface area (Å²) in [6.07, 6.45) is 20.4. The van der Waals surface area contributed by atoms with Crippen molar-refractivity contribution in [2.45, 2.75) is 152 Å². The quantitative estimate of drug-likeness (QED) is 0.108. The van der Waals surface area contributed by atoms with Crippen molar-refractivity contribution in [1.29, 1.82) is 0 Å². The van der Waals surface area contributed by atoms with Crippen molar-refractivity contribution in [3.05, 3.63) is 0 Å². The van der Waals surface area contributed by atoms with Crippen LogP contribution in [0.2, 0.25) is 0 Å². The van der Waals surface area contributed by atoms with Crippen LogP contribution in [0.5, 0.6) is 0 Å². The van der Waals surface area contributed by atoms with Gasteiger partial charge in [0.25, 0.3) is 0 Å². The van der Waals surface area contributed by atoms with E-state index in [0.29, 0.717) is 0 Å². The zero-order valence-electron chi connectivity index (χ0n) is 20.5. The second-order valence-corrected chi connectivity index (χ2v) is 10.4. The van der Waals surface area contributed by atoms with Gasteiger partial charge in [-0.3, -0.25) is 0 Å². The summed E-state index contributed by atoms with van der Waals surface area (Å²) >= 11 is 12.6. The molecular weight excluding hydrogens is 431 g/mol. The van der Waals surface area contributed by atoms with Crippen LogP contribution in [0.25, 0.3) is 0 Å². The van der Waals surface area contributed by atoms with E-state index in [-0.39, 0.29) is 24.0 Å². The summed E-state index contributed by atoms with van der Waals surface area (Å²) in [6.45, 7) is 4.79. The van der Waals surface area contributed by atoms with Gasteiger partial charge in [0.05, 0.1) is 36.2 Å². The van der Waals surface area contributed by atoms with Crippen molar-refractivity contribution in [3.63, 3.8) is 0 Å². The van der Waals surface area contributed by atoms with Gasteiger partial charge in [-0.1, -0.05) is 117 Å². The number of alkyl halides is 2. The Hall–Kier alpha value is 0.460. The second-order valence-electron chi connectivity index (χ2n) is 9.23. The van der Waals surface area contributed by atoms with Gasteiger partial charge in [0.15, 0.2) is 0 Å². The predicted molar refractivity (Wildman–Crippen MR) is 137 cm³/mol. The summed E-state index contributed by atoms with van der Waals surface area (Å²) in [5.41, 5.74) is 0. The zero-order valence-corrected chi connectivity index (χ0v) is 22.0. The molecule has 4 unspecified atom stereocenters. The number of hydrogen-bond donors (Lipinski definition) is 2. The summed E-state index contributed by atoms with van der Waals surface area (Å²) in [7, 11) is 0. The Balaban J connectivity index is 3.60.